The van der Waals surface area contributed by atoms with Gasteiger partial charge in [0.05, 0.1) is 0 Å². The highest BCUT2D eigenvalue weighted by Crippen LogP contribution is 2.23. The van der Waals surface area contributed by atoms with Crippen LogP contribution in [0.4, 0.5) is 5.82 Å². The second kappa shape index (κ2) is 6.67. The Bertz CT molecular complexity index is 616. The van der Waals surface area contributed by atoms with Crippen molar-refractivity contribution in [2.24, 2.45) is 0 Å². The maximum Gasteiger partial charge on any atom is 0.129 e. The smallest absolute Gasteiger partial charge is 0.129 e. The highest BCUT2D eigenvalue weighted by Gasteiger charge is 2.22. The molecule has 1 atom stereocenters. The predicted molar refractivity (Wildman–Crippen MR) is 94.5 cm³/mol. The van der Waals surface area contributed by atoms with Crippen LogP contribution in [0.1, 0.15) is 38.3 Å². The van der Waals surface area contributed by atoms with Gasteiger partial charge < -0.3 is 5.32 Å². The quantitative estimate of drug-likeness (QED) is 0.939. The monoisotopic (exact) mass is 310 g/mol. The SMILES string of the molecule is CC(C)(C)c1ccc(CN2CCC(Nc3ccncn3)C2)cc1. The first-order chi connectivity index (χ1) is 11.0. The van der Waals surface area contributed by atoms with Gasteiger partial charge in [0.25, 0.3) is 0 Å². The van der Waals surface area contributed by atoms with E-state index in [1.54, 1.807) is 12.5 Å². The van der Waals surface area contributed by atoms with E-state index in [0.29, 0.717) is 6.04 Å². The van der Waals surface area contributed by atoms with E-state index in [9.17, 15) is 0 Å². The van der Waals surface area contributed by atoms with Gasteiger partial charge in [-0.3, -0.25) is 4.90 Å². The number of nitrogens with zero attached hydrogens (tertiary/aromatic N) is 3. The summed E-state index contributed by atoms with van der Waals surface area (Å²) in [6.45, 7) is 9.98. The summed E-state index contributed by atoms with van der Waals surface area (Å²) < 4.78 is 0. The van der Waals surface area contributed by atoms with Gasteiger partial charge in [0.2, 0.25) is 0 Å². The molecule has 0 saturated carbocycles. The third-order valence-electron chi connectivity index (χ3n) is 4.43. The average Bonchev–Trinajstić information content (AvgIpc) is 2.95. The number of rotatable bonds is 4. The lowest BCUT2D eigenvalue weighted by Gasteiger charge is -2.20. The fraction of sp³-hybridized carbons (Fsp3) is 0.474. The maximum atomic E-state index is 4.24. The maximum absolute atomic E-state index is 4.24. The lowest BCUT2D eigenvalue weighted by Crippen LogP contribution is -2.26. The van der Waals surface area contributed by atoms with Gasteiger partial charge in [-0.2, -0.15) is 0 Å². The summed E-state index contributed by atoms with van der Waals surface area (Å²) in [6.07, 6.45) is 4.52. The lowest BCUT2D eigenvalue weighted by atomic mass is 9.87. The van der Waals surface area contributed by atoms with E-state index in [1.165, 1.54) is 11.1 Å². The van der Waals surface area contributed by atoms with Gasteiger partial charge in [0.1, 0.15) is 12.1 Å². The lowest BCUT2D eigenvalue weighted by molar-refractivity contribution is 0.328. The topological polar surface area (TPSA) is 41.0 Å². The van der Waals surface area contributed by atoms with Crippen molar-refractivity contribution < 1.29 is 0 Å². The molecule has 1 aromatic heterocycles. The van der Waals surface area contributed by atoms with Crippen LogP contribution in [-0.2, 0) is 12.0 Å². The molecule has 4 heteroatoms. The molecule has 0 radical (unpaired) electrons. The Morgan fingerprint density at radius 2 is 1.96 bits per heavy atom. The Morgan fingerprint density at radius 1 is 1.17 bits per heavy atom. The molecular weight excluding hydrogens is 284 g/mol. The highest BCUT2D eigenvalue weighted by atomic mass is 15.2. The second-order valence-electron chi connectivity index (χ2n) is 7.41. The van der Waals surface area contributed by atoms with Crippen molar-refractivity contribution in [3.8, 4) is 0 Å². The number of benzene rings is 1. The van der Waals surface area contributed by atoms with Crippen LogP contribution in [0.3, 0.4) is 0 Å². The van der Waals surface area contributed by atoms with Crippen molar-refractivity contribution in [2.45, 2.75) is 45.2 Å². The standard InChI is InChI=1S/C19H26N4/c1-19(2,3)16-6-4-15(5-7-16)12-23-11-9-17(13-23)22-18-8-10-20-14-21-18/h4-8,10,14,17H,9,11-13H2,1-3H3,(H,20,21,22). The molecule has 122 valence electrons. The van der Waals surface area contributed by atoms with Gasteiger partial charge >= 0.3 is 0 Å². The van der Waals surface area contributed by atoms with E-state index in [4.69, 9.17) is 0 Å². The van der Waals surface area contributed by atoms with Crippen molar-refractivity contribution >= 4 is 5.82 Å². The zero-order chi connectivity index (χ0) is 16.3. The largest absolute Gasteiger partial charge is 0.366 e. The van der Waals surface area contributed by atoms with Gasteiger partial charge in [-0.1, -0.05) is 45.0 Å². The minimum absolute atomic E-state index is 0.221. The Labute approximate surface area is 139 Å². The van der Waals surface area contributed by atoms with Gasteiger partial charge in [0.15, 0.2) is 0 Å². The summed E-state index contributed by atoms with van der Waals surface area (Å²) in [7, 11) is 0. The molecule has 4 nitrogen and oxygen atoms in total. The molecular formula is C19H26N4. The third-order valence-corrected chi connectivity index (χ3v) is 4.43. The molecule has 2 aromatic rings. The number of nitrogens with one attached hydrogen (secondary N) is 1. The molecule has 2 heterocycles. The van der Waals surface area contributed by atoms with Gasteiger partial charge in [-0.25, -0.2) is 9.97 Å². The first-order valence-corrected chi connectivity index (χ1v) is 8.35. The van der Waals surface area contributed by atoms with Crippen LogP contribution < -0.4 is 5.32 Å². The Balaban J connectivity index is 1.54. The zero-order valence-electron chi connectivity index (χ0n) is 14.3. The molecule has 23 heavy (non-hydrogen) atoms. The summed E-state index contributed by atoms with van der Waals surface area (Å²) >= 11 is 0. The molecule has 1 fully saturated rings. The Hall–Kier alpha value is -1.94. The minimum Gasteiger partial charge on any atom is -0.366 e. The van der Waals surface area contributed by atoms with Crippen LogP contribution in [0.2, 0.25) is 0 Å². The van der Waals surface area contributed by atoms with E-state index >= 15 is 0 Å². The van der Waals surface area contributed by atoms with Crippen LogP contribution in [0.5, 0.6) is 0 Å². The molecule has 1 saturated heterocycles. The first-order valence-electron chi connectivity index (χ1n) is 8.35. The van der Waals surface area contributed by atoms with E-state index in [-0.39, 0.29) is 5.41 Å². The summed E-state index contributed by atoms with van der Waals surface area (Å²) in [6, 6.07) is 11.5. The zero-order valence-corrected chi connectivity index (χ0v) is 14.3. The average molecular weight is 310 g/mol. The van der Waals surface area contributed by atoms with E-state index in [2.05, 4.69) is 65.2 Å². The second-order valence-corrected chi connectivity index (χ2v) is 7.41. The molecule has 0 amide bonds. The summed E-state index contributed by atoms with van der Waals surface area (Å²) in [5.74, 6) is 0.918. The highest BCUT2D eigenvalue weighted by molar-refractivity contribution is 5.33. The molecule has 1 aromatic carbocycles. The molecule has 1 N–H and O–H groups in total. The van der Waals surface area contributed by atoms with Crippen molar-refractivity contribution in [3.05, 3.63) is 54.0 Å². The summed E-state index contributed by atoms with van der Waals surface area (Å²) in [5, 5.41) is 3.49. The Kier molecular flexibility index (Phi) is 4.62. The summed E-state index contributed by atoms with van der Waals surface area (Å²) in [5.41, 5.74) is 3.00. The summed E-state index contributed by atoms with van der Waals surface area (Å²) in [4.78, 5) is 10.7. The van der Waals surface area contributed by atoms with Gasteiger partial charge in [-0.15, -0.1) is 0 Å². The van der Waals surface area contributed by atoms with Crippen molar-refractivity contribution in [3.63, 3.8) is 0 Å². The van der Waals surface area contributed by atoms with E-state index in [1.807, 2.05) is 6.07 Å². The predicted octanol–water partition coefficient (Wildman–Crippen LogP) is 3.46. The molecule has 0 aliphatic carbocycles. The van der Waals surface area contributed by atoms with Crippen molar-refractivity contribution in [2.75, 3.05) is 18.4 Å². The van der Waals surface area contributed by atoms with E-state index < -0.39 is 0 Å². The van der Waals surface area contributed by atoms with Crippen LogP contribution in [-0.4, -0.2) is 34.0 Å². The van der Waals surface area contributed by atoms with E-state index in [0.717, 1.165) is 31.9 Å². The van der Waals surface area contributed by atoms with Crippen LogP contribution in [0, 0.1) is 0 Å². The molecule has 0 bridgehead atoms. The van der Waals surface area contributed by atoms with Crippen LogP contribution in [0.15, 0.2) is 42.9 Å². The number of hydrogen-bond donors (Lipinski definition) is 1. The van der Waals surface area contributed by atoms with Crippen LogP contribution in [0.25, 0.3) is 0 Å². The minimum atomic E-state index is 0.221. The number of anilines is 1. The Morgan fingerprint density at radius 3 is 2.61 bits per heavy atom. The fourth-order valence-electron chi connectivity index (χ4n) is 3.05. The number of likely N-dealkylation sites (tertiary alicyclic amines) is 1. The molecule has 1 aliphatic heterocycles. The van der Waals surface area contributed by atoms with Gasteiger partial charge in [0, 0.05) is 31.9 Å². The number of aromatic nitrogens is 2. The van der Waals surface area contributed by atoms with Crippen molar-refractivity contribution in [1.29, 1.82) is 0 Å². The molecule has 1 aliphatic rings. The van der Waals surface area contributed by atoms with Crippen molar-refractivity contribution in [1.82, 2.24) is 14.9 Å². The fourth-order valence-corrected chi connectivity index (χ4v) is 3.05. The molecule has 3 rings (SSSR count). The first kappa shape index (κ1) is 15.9. The molecule has 1 unspecified atom stereocenters. The number of hydrogen-bond acceptors (Lipinski definition) is 4. The van der Waals surface area contributed by atoms with Crippen LogP contribution >= 0.6 is 0 Å². The third kappa shape index (κ3) is 4.29. The molecule has 0 spiro atoms. The van der Waals surface area contributed by atoms with Gasteiger partial charge in [-0.05, 0) is 29.0 Å². The normalized spacial score (nSPS) is 19.0.